The van der Waals surface area contributed by atoms with E-state index in [2.05, 4.69) is 49.2 Å². The highest BCUT2D eigenvalue weighted by Crippen LogP contribution is 2.14. The Morgan fingerprint density at radius 1 is 0.731 bits per heavy atom. The average Bonchev–Trinajstić information content (AvgIpc) is 3.03. The molecular weight excluding hydrogens is 316 g/mol. The van der Waals surface area contributed by atoms with Crippen molar-refractivity contribution in [2.75, 3.05) is 0 Å². The lowest BCUT2D eigenvalue weighted by Crippen LogP contribution is -2.38. The molecule has 2 nitrogen and oxygen atoms in total. The van der Waals surface area contributed by atoms with Crippen LogP contribution in [-0.4, -0.2) is 4.57 Å². The molecule has 0 saturated carbocycles. The molecule has 0 fully saturated rings. The summed E-state index contributed by atoms with van der Waals surface area (Å²) in [5.74, 6) is 2.14. The Kier molecular flexibility index (Phi) is 13.7. The third-order valence-corrected chi connectivity index (χ3v) is 5.54. The fraction of sp³-hybridized carbons (Fsp3) is 0.875. The van der Waals surface area contributed by atoms with Crippen molar-refractivity contribution in [3.63, 3.8) is 0 Å². The molecule has 0 amide bonds. The number of aromatic nitrogens is 2. The number of imidazole rings is 1. The van der Waals surface area contributed by atoms with E-state index >= 15 is 0 Å². The van der Waals surface area contributed by atoms with Crippen LogP contribution in [0.15, 0.2) is 12.4 Å². The highest BCUT2D eigenvalue weighted by atomic mass is 15.1. The van der Waals surface area contributed by atoms with Crippen molar-refractivity contribution in [2.45, 2.75) is 137 Å². The summed E-state index contributed by atoms with van der Waals surface area (Å²) in [6.45, 7) is 11.7. The van der Waals surface area contributed by atoms with Gasteiger partial charge in [-0.15, -0.1) is 0 Å². The van der Waals surface area contributed by atoms with Crippen molar-refractivity contribution in [1.29, 1.82) is 0 Å². The van der Waals surface area contributed by atoms with Crippen molar-refractivity contribution in [2.24, 2.45) is 0 Å². The molecule has 0 aliphatic rings. The van der Waals surface area contributed by atoms with E-state index in [9.17, 15) is 0 Å². The van der Waals surface area contributed by atoms with E-state index in [0.717, 1.165) is 0 Å². The molecule has 0 radical (unpaired) electrons. The van der Waals surface area contributed by atoms with Crippen LogP contribution in [-0.2, 0) is 13.1 Å². The van der Waals surface area contributed by atoms with Gasteiger partial charge in [-0.25, -0.2) is 9.13 Å². The lowest BCUT2D eigenvalue weighted by Gasteiger charge is -2.08. The molecule has 0 aliphatic carbocycles. The summed E-state index contributed by atoms with van der Waals surface area (Å²) in [5, 5.41) is 0. The van der Waals surface area contributed by atoms with Gasteiger partial charge < -0.3 is 0 Å². The van der Waals surface area contributed by atoms with Crippen molar-refractivity contribution < 1.29 is 4.57 Å². The highest BCUT2D eigenvalue weighted by molar-refractivity contribution is 4.89. The van der Waals surface area contributed by atoms with Crippen LogP contribution >= 0.6 is 0 Å². The minimum atomic E-state index is 0.610. The summed E-state index contributed by atoms with van der Waals surface area (Å²) in [7, 11) is 0. The summed E-state index contributed by atoms with van der Waals surface area (Å²) in [6, 6.07) is 0. The predicted molar refractivity (Wildman–Crippen MR) is 115 cm³/mol. The Labute approximate surface area is 164 Å². The average molecular weight is 364 g/mol. The number of hydrogen-bond acceptors (Lipinski definition) is 0. The largest absolute Gasteiger partial charge is 0.258 e. The van der Waals surface area contributed by atoms with Crippen LogP contribution < -0.4 is 4.57 Å². The topological polar surface area (TPSA) is 8.81 Å². The molecule has 2 heteroatoms. The van der Waals surface area contributed by atoms with E-state index in [-0.39, 0.29) is 0 Å². The van der Waals surface area contributed by atoms with Crippen LogP contribution in [0.2, 0.25) is 0 Å². The van der Waals surface area contributed by atoms with Crippen LogP contribution in [0.1, 0.15) is 129 Å². The first-order valence-electron chi connectivity index (χ1n) is 11.8. The van der Waals surface area contributed by atoms with Crippen LogP contribution in [0.4, 0.5) is 0 Å². The molecule has 0 unspecified atom stereocenters. The normalized spacial score (nSPS) is 11.6. The molecule has 1 aromatic heterocycles. The van der Waals surface area contributed by atoms with Crippen LogP contribution in [0.25, 0.3) is 0 Å². The van der Waals surface area contributed by atoms with Crippen molar-refractivity contribution in [1.82, 2.24) is 4.57 Å². The van der Waals surface area contributed by atoms with Crippen molar-refractivity contribution >= 4 is 0 Å². The Morgan fingerprint density at radius 2 is 1.23 bits per heavy atom. The van der Waals surface area contributed by atoms with E-state index < -0.39 is 0 Å². The summed E-state index contributed by atoms with van der Waals surface area (Å²) in [4.78, 5) is 0. The molecule has 1 rings (SSSR count). The van der Waals surface area contributed by atoms with Crippen LogP contribution in [0.5, 0.6) is 0 Å². The summed E-state index contributed by atoms with van der Waals surface area (Å²) in [5.41, 5.74) is 0. The van der Waals surface area contributed by atoms with Gasteiger partial charge in [-0.05, 0) is 25.7 Å². The second-order valence-electron chi connectivity index (χ2n) is 8.44. The Balaban J connectivity index is 2.29. The fourth-order valence-corrected chi connectivity index (χ4v) is 4.00. The Hall–Kier alpha value is -0.790. The zero-order valence-electron chi connectivity index (χ0n) is 18.4. The second-order valence-corrected chi connectivity index (χ2v) is 8.44. The SMILES string of the molecule is CCCCCCCCCC[n+]1ccn(CCCCCCCC)c1C(C)C. The molecule has 152 valence electrons. The fourth-order valence-electron chi connectivity index (χ4n) is 4.00. The van der Waals surface area contributed by atoms with Gasteiger partial charge in [0.15, 0.2) is 0 Å². The highest BCUT2D eigenvalue weighted by Gasteiger charge is 2.19. The number of hydrogen-bond donors (Lipinski definition) is 0. The summed E-state index contributed by atoms with van der Waals surface area (Å²) < 4.78 is 5.05. The molecule has 0 N–H and O–H groups in total. The molecule has 1 aromatic rings. The smallest absolute Gasteiger partial charge is 0.234 e. The molecule has 0 aliphatic heterocycles. The van der Waals surface area contributed by atoms with E-state index in [1.54, 1.807) is 0 Å². The monoisotopic (exact) mass is 363 g/mol. The van der Waals surface area contributed by atoms with Gasteiger partial charge in [0.1, 0.15) is 12.4 Å². The third-order valence-electron chi connectivity index (χ3n) is 5.54. The van der Waals surface area contributed by atoms with Gasteiger partial charge >= 0.3 is 0 Å². The lowest BCUT2D eigenvalue weighted by molar-refractivity contribution is -0.705. The third kappa shape index (κ3) is 9.78. The number of rotatable bonds is 17. The zero-order valence-corrected chi connectivity index (χ0v) is 18.4. The standard InChI is InChI=1S/C24H47N2/c1-5-7-9-11-13-14-16-18-20-26-22-21-25(24(26)23(3)4)19-17-15-12-10-8-6-2/h21-23H,5-20H2,1-4H3/q+1. The first kappa shape index (κ1) is 23.2. The maximum atomic E-state index is 2.53. The predicted octanol–water partition coefficient (Wildman–Crippen LogP) is 7.40. The molecule has 26 heavy (non-hydrogen) atoms. The summed E-state index contributed by atoms with van der Waals surface area (Å²) in [6.07, 6.45) is 24.1. The maximum Gasteiger partial charge on any atom is 0.258 e. The van der Waals surface area contributed by atoms with E-state index in [1.165, 1.54) is 109 Å². The van der Waals surface area contributed by atoms with E-state index in [1.807, 2.05) is 0 Å². The minimum Gasteiger partial charge on any atom is -0.234 e. The quantitative estimate of drug-likeness (QED) is 0.201. The molecule has 1 heterocycles. The van der Waals surface area contributed by atoms with Crippen LogP contribution in [0.3, 0.4) is 0 Å². The van der Waals surface area contributed by atoms with E-state index in [4.69, 9.17) is 0 Å². The molecular formula is C24H47N2+. The van der Waals surface area contributed by atoms with Crippen LogP contribution in [0, 0.1) is 0 Å². The van der Waals surface area contributed by atoms with Gasteiger partial charge in [-0.2, -0.15) is 0 Å². The van der Waals surface area contributed by atoms with Gasteiger partial charge in [-0.1, -0.05) is 91.9 Å². The van der Waals surface area contributed by atoms with Gasteiger partial charge in [0.05, 0.1) is 19.0 Å². The number of nitrogens with zero attached hydrogens (tertiary/aromatic N) is 2. The summed E-state index contributed by atoms with van der Waals surface area (Å²) >= 11 is 0. The van der Waals surface area contributed by atoms with Crippen molar-refractivity contribution in [3.05, 3.63) is 18.2 Å². The molecule has 0 spiro atoms. The minimum absolute atomic E-state index is 0.610. The lowest BCUT2D eigenvalue weighted by atomic mass is 10.1. The van der Waals surface area contributed by atoms with Gasteiger partial charge in [0.25, 0.3) is 5.82 Å². The first-order valence-corrected chi connectivity index (χ1v) is 11.8. The Morgan fingerprint density at radius 3 is 1.77 bits per heavy atom. The zero-order chi connectivity index (χ0) is 19.0. The maximum absolute atomic E-state index is 2.53. The van der Waals surface area contributed by atoms with Gasteiger partial charge in [0, 0.05) is 0 Å². The number of aryl methyl sites for hydroxylation is 2. The Bertz CT molecular complexity index is 433. The number of unbranched alkanes of at least 4 members (excludes halogenated alkanes) is 12. The van der Waals surface area contributed by atoms with E-state index in [0.29, 0.717) is 5.92 Å². The van der Waals surface area contributed by atoms with Gasteiger partial charge in [-0.3, -0.25) is 0 Å². The molecule has 0 saturated heterocycles. The van der Waals surface area contributed by atoms with Crippen molar-refractivity contribution in [3.8, 4) is 0 Å². The molecule has 0 atom stereocenters. The second kappa shape index (κ2) is 15.3. The molecule has 0 aromatic carbocycles. The van der Waals surface area contributed by atoms with Gasteiger partial charge in [0.2, 0.25) is 0 Å². The first-order chi connectivity index (χ1) is 12.7. The molecule has 0 bridgehead atoms.